The Morgan fingerprint density at radius 2 is 1.93 bits per heavy atom. The van der Waals surface area contributed by atoms with Crippen LogP contribution < -0.4 is 4.74 Å². The molecular formula is C25H27ClO4. The molecule has 5 heteroatoms. The number of aryl methyl sites for hydroxylation is 1. The number of aliphatic carboxylic acids is 1. The zero-order valence-corrected chi connectivity index (χ0v) is 17.8. The van der Waals surface area contributed by atoms with Gasteiger partial charge in [-0.3, -0.25) is 4.79 Å². The standard InChI is InChI=1S/C25H27ClO4/c26-22-7-3-19(4-8-22)24-16-29-12-11-20(24)15-30-23-9-5-18(6-10-25(27)28)21(14-23)13-17-1-2-17/h3-5,7-9,14,17H,1-2,6,10-13,15-16H2,(H,27,28). The van der Waals surface area contributed by atoms with E-state index in [1.165, 1.54) is 29.6 Å². The van der Waals surface area contributed by atoms with E-state index in [0.717, 1.165) is 40.7 Å². The molecule has 0 aromatic heterocycles. The van der Waals surface area contributed by atoms with Crippen LogP contribution in [0.25, 0.3) is 5.57 Å². The van der Waals surface area contributed by atoms with Gasteiger partial charge in [-0.1, -0.05) is 29.8 Å². The second-order valence-electron chi connectivity index (χ2n) is 8.15. The number of hydrogen-bond acceptors (Lipinski definition) is 3. The first-order valence-electron chi connectivity index (χ1n) is 10.6. The average molecular weight is 427 g/mol. The molecule has 1 aliphatic carbocycles. The number of halogens is 1. The van der Waals surface area contributed by atoms with Crippen molar-refractivity contribution >= 4 is 23.1 Å². The van der Waals surface area contributed by atoms with Gasteiger partial charge in [0.25, 0.3) is 0 Å². The topological polar surface area (TPSA) is 55.8 Å². The SMILES string of the molecule is O=C(O)CCc1ccc(OCC2=C(c3ccc(Cl)cc3)COCC2)cc1CC1CC1. The minimum Gasteiger partial charge on any atom is -0.489 e. The van der Waals surface area contributed by atoms with E-state index in [9.17, 15) is 4.79 Å². The highest BCUT2D eigenvalue weighted by atomic mass is 35.5. The Bertz CT molecular complexity index is 929. The maximum atomic E-state index is 11.0. The maximum absolute atomic E-state index is 11.0. The third-order valence-corrected chi connectivity index (χ3v) is 6.07. The van der Waals surface area contributed by atoms with Gasteiger partial charge in [0.05, 0.1) is 13.2 Å². The molecule has 1 fully saturated rings. The maximum Gasteiger partial charge on any atom is 0.303 e. The summed E-state index contributed by atoms with van der Waals surface area (Å²) in [6, 6.07) is 14.0. The summed E-state index contributed by atoms with van der Waals surface area (Å²) < 4.78 is 11.9. The second kappa shape index (κ2) is 9.67. The monoisotopic (exact) mass is 426 g/mol. The van der Waals surface area contributed by atoms with Crippen LogP contribution in [0.2, 0.25) is 5.02 Å². The molecule has 2 aliphatic rings. The van der Waals surface area contributed by atoms with E-state index in [1.807, 2.05) is 36.4 Å². The molecule has 0 spiro atoms. The summed E-state index contributed by atoms with van der Waals surface area (Å²) in [6.07, 6.45) is 5.12. The Labute approximate surface area is 182 Å². The van der Waals surface area contributed by atoms with Crippen LogP contribution in [0.15, 0.2) is 48.0 Å². The van der Waals surface area contributed by atoms with E-state index >= 15 is 0 Å². The molecule has 0 saturated heterocycles. The van der Waals surface area contributed by atoms with Gasteiger partial charge in [-0.15, -0.1) is 0 Å². The number of ether oxygens (including phenoxy) is 2. The molecule has 2 aromatic rings. The molecule has 1 heterocycles. The number of carboxylic acids is 1. The van der Waals surface area contributed by atoms with Gasteiger partial charge in [-0.25, -0.2) is 0 Å². The summed E-state index contributed by atoms with van der Waals surface area (Å²) in [7, 11) is 0. The molecule has 0 radical (unpaired) electrons. The quantitative estimate of drug-likeness (QED) is 0.570. The minimum atomic E-state index is -0.756. The first kappa shape index (κ1) is 21.0. The highest BCUT2D eigenvalue weighted by Crippen LogP contribution is 2.35. The molecular weight excluding hydrogens is 400 g/mol. The van der Waals surface area contributed by atoms with Gasteiger partial charge in [0.1, 0.15) is 12.4 Å². The predicted molar refractivity (Wildman–Crippen MR) is 118 cm³/mol. The van der Waals surface area contributed by atoms with Gasteiger partial charge in [0.15, 0.2) is 0 Å². The molecule has 0 amide bonds. The third-order valence-electron chi connectivity index (χ3n) is 5.82. The summed E-state index contributed by atoms with van der Waals surface area (Å²) >= 11 is 6.03. The van der Waals surface area contributed by atoms with Crippen molar-refractivity contribution in [2.75, 3.05) is 19.8 Å². The smallest absolute Gasteiger partial charge is 0.303 e. The minimum absolute atomic E-state index is 0.162. The summed E-state index contributed by atoms with van der Waals surface area (Å²) in [4.78, 5) is 11.0. The number of hydrogen-bond donors (Lipinski definition) is 1. The summed E-state index contributed by atoms with van der Waals surface area (Å²) in [5, 5.41) is 9.75. The Morgan fingerprint density at radius 3 is 2.67 bits per heavy atom. The first-order chi connectivity index (χ1) is 14.6. The van der Waals surface area contributed by atoms with Crippen molar-refractivity contribution in [1.82, 2.24) is 0 Å². The lowest BCUT2D eigenvalue weighted by Crippen LogP contribution is -2.15. The van der Waals surface area contributed by atoms with Gasteiger partial charge < -0.3 is 14.6 Å². The molecule has 1 N–H and O–H groups in total. The fourth-order valence-corrected chi connectivity index (χ4v) is 4.02. The van der Waals surface area contributed by atoms with E-state index in [1.54, 1.807) is 0 Å². The normalized spacial score (nSPS) is 16.6. The van der Waals surface area contributed by atoms with E-state index in [2.05, 4.69) is 6.07 Å². The number of benzene rings is 2. The fraction of sp³-hybridized carbons (Fsp3) is 0.400. The Hall–Kier alpha value is -2.30. The highest BCUT2D eigenvalue weighted by Gasteiger charge is 2.23. The van der Waals surface area contributed by atoms with Gasteiger partial charge in [0.2, 0.25) is 0 Å². The van der Waals surface area contributed by atoms with Crippen molar-refractivity contribution in [2.45, 2.75) is 38.5 Å². The van der Waals surface area contributed by atoms with E-state index in [-0.39, 0.29) is 6.42 Å². The van der Waals surface area contributed by atoms with Crippen LogP contribution in [0.1, 0.15) is 42.4 Å². The van der Waals surface area contributed by atoms with Gasteiger partial charge in [-0.05, 0) is 90.1 Å². The van der Waals surface area contributed by atoms with Crippen molar-refractivity contribution in [1.29, 1.82) is 0 Å². The number of carboxylic acid groups (broad SMARTS) is 1. The summed E-state index contributed by atoms with van der Waals surface area (Å²) in [5.74, 6) is 0.826. The zero-order chi connectivity index (χ0) is 20.9. The van der Waals surface area contributed by atoms with Crippen LogP contribution in [0.3, 0.4) is 0 Å². The Kier molecular flexibility index (Phi) is 6.76. The fourth-order valence-electron chi connectivity index (χ4n) is 3.89. The predicted octanol–water partition coefficient (Wildman–Crippen LogP) is 5.56. The lowest BCUT2D eigenvalue weighted by molar-refractivity contribution is -0.136. The molecule has 1 saturated carbocycles. The molecule has 30 heavy (non-hydrogen) atoms. The molecule has 0 bridgehead atoms. The number of carbonyl (C=O) groups is 1. The van der Waals surface area contributed by atoms with Crippen molar-refractivity contribution < 1.29 is 19.4 Å². The largest absolute Gasteiger partial charge is 0.489 e. The van der Waals surface area contributed by atoms with Gasteiger partial charge in [0, 0.05) is 11.4 Å². The molecule has 2 aromatic carbocycles. The average Bonchev–Trinajstić information content (AvgIpc) is 3.56. The molecule has 158 valence electrons. The van der Waals surface area contributed by atoms with Crippen molar-refractivity contribution in [2.24, 2.45) is 5.92 Å². The van der Waals surface area contributed by atoms with Crippen molar-refractivity contribution in [3.8, 4) is 5.75 Å². The lowest BCUT2D eigenvalue weighted by Gasteiger charge is -2.22. The molecule has 1 aliphatic heterocycles. The second-order valence-corrected chi connectivity index (χ2v) is 8.59. The third kappa shape index (κ3) is 5.65. The van der Waals surface area contributed by atoms with E-state index in [4.69, 9.17) is 26.2 Å². The van der Waals surface area contributed by atoms with Crippen LogP contribution in [-0.4, -0.2) is 30.9 Å². The summed E-state index contributed by atoms with van der Waals surface area (Å²) in [6.45, 7) is 1.82. The van der Waals surface area contributed by atoms with Crippen LogP contribution >= 0.6 is 11.6 Å². The Morgan fingerprint density at radius 1 is 1.13 bits per heavy atom. The van der Waals surface area contributed by atoms with Gasteiger partial charge >= 0.3 is 5.97 Å². The van der Waals surface area contributed by atoms with Crippen molar-refractivity contribution in [3.63, 3.8) is 0 Å². The highest BCUT2D eigenvalue weighted by molar-refractivity contribution is 6.30. The molecule has 4 rings (SSSR count). The van der Waals surface area contributed by atoms with E-state index < -0.39 is 5.97 Å². The Balaban J connectivity index is 1.49. The first-order valence-corrected chi connectivity index (χ1v) is 11.0. The van der Waals surface area contributed by atoms with Crippen LogP contribution in [-0.2, 0) is 22.4 Å². The van der Waals surface area contributed by atoms with Crippen LogP contribution in [0.4, 0.5) is 0 Å². The number of rotatable bonds is 9. The molecule has 4 nitrogen and oxygen atoms in total. The molecule has 0 atom stereocenters. The zero-order valence-electron chi connectivity index (χ0n) is 17.0. The van der Waals surface area contributed by atoms with Gasteiger partial charge in [-0.2, -0.15) is 0 Å². The molecule has 0 unspecified atom stereocenters. The van der Waals surface area contributed by atoms with Crippen molar-refractivity contribution in [3.05, 3.63) is 69.8 Å². The van der Waals surface area contributed by atoms with Crippen LogP contribution in [0.5, 0.6) is 5.75 Å². The van der Waals surface area contributed by atoms with Crippen LogP contribution in [0, 0.1) is 5.92 Å². The summed E-state index contributed by atoms with van der Waals surface area (Å²) in [5.41, 5.74) is 5.91. The lowest BCUT2D eigenvalue weighted by atomic mass is 9.97. The van der Waals surface area contributed by atoms with E-state index in [0.29, 0.717) is 26.2 Å².